The molecule has 0 spiro atoms. The molecule has 0 aliphatic carbocycles. The number of hydrogen-bond acceptors (Lipinski definition) is 7. The molecule has 3 rings (SSSR count). The first kappa shape index (κ1) is 29.9. The van der Waals surface area contributed by atoms with Gasteiger partial charge in [-0.1, -0.05) is 98.1 Å². The van der Waals surface area contributed by atoms with Crippen molar-refractivity contribution in [2.75, 3.05) is 0 Å². The Balaban J connectivity index is 1.50. The number of rotatable bonds is 14. The Hall–Kier alpha value is -1.69. The Morgan fingerprint density at radius 3 is 2.51 bits per heavy atom. The Morgan fingerprint density at radius 2 is 1.76 bits per heavy atom. The number of amidine groups is 1. The monoisotopic (exact) mass is 671 g/mol. The van der Waals surface area contributed by atoms with Gasteiger partial charge in [0.2, 0.25) is 5.91 Å². The van der Waals surface area contributed by atoms with Gasteiger partial charge in [0.25, 0.3) is 0 Å². The average molecular weight is 673 g/mol. The summed E-state index contributed by atoms with van der Waals surface area (Å²) in [6, 6.07) is 11.4. The molecule has 1 fully saturated rings. The normalized spacial score (nSPS) is 17.0. The molecule has 1 saturated heterocycles. The van der Waals surface area contributed by atoms with Gasteiger partial charge in [0, 0.05) is 8.95 Å². The summed E-state index contributed by atoms with van der Waals surface area (Å²) in [6.45, 7) is 2.22. The largest absolute Gasteiger partial charge is 0.379 e. The highest BCUT2D eigenvalue weighted by Crippen LogP contribution is 2.29. The van der Waals surface area contributed by atoms with Crippen LogP contribution in [0.25, 0.3) is 0 Å². The number of nitrogens with zero attached hydrogens (tertiary/aromatic N) is 2. The van der Waals surface area contributed by atoms with Gasteiger partial charge in [-0.3, -0.25) is 4.79 Å². The van der Waals surface area contributed by atoms with Crippen LogP contribution in [0.2, 0.25) is 0 Å². The number of carbonyl (C=O) groups is 1. The van der Waals surface area contributed by atoms with Gasteiger partial charge >= 0.3 is 10.1 Å². The van der Waals surface area contributed by atoms with Crippen molar-refractivity contribution in [1.29, 1.82) is 0 Å². The molecular formula is C26H31Br2N3O4S2. The van der Waals surface area contributed by atoms with Crippen LogP contribution in [0.1, 0.15) is 70.3 Å². The van der Waals surface area contributed by atoms with E-state index in [1.165, 1.54) is 62.6 Å². The van der Waals surface area contributed by atoms with Gasteiger partial charge in [0.1, 0.15) is 10.6 Å². The minimum absolute atomic E-state index is 0.0165. The van der Waals surface area contributed by atoms with E-state index >= 15 is 0 Å². The predicted molar refractivity (Wildman–Crippen MR) is 158 cm³/mol. The summed E-state index contributed by atoms with van der Waals surface area (Å²) in [5.74, 6) is 0.124. The van der Waals surface area contributed by atoms with Crippen molar-refractivity contribution in [2.24, 2.45) is 10.2 Å². The van der Waals surface area contributed by atoms with Gasteiger partial charge in [0.05, 0.1) is 11.5 Å². The topological polar surface area (TPSA) is 97.2 Å². The zero-order valence-corrected chi connectivity index (χ0v) is 25.5. The molecule has 0 saturated carbocycles. The van der Waals surface area contributed by atoms with E-state index in [4.69, 9.17) is 4.18 Å². The predicted octanol–water partition coefficient (Wildman–Crippen LogP) is 7.43. The first-order chi connectivity index (χ1) is 17.8. The van der Waals surface area contributed by atoms with E-state index in [1.807, 2.05) is 0 Å². The summed E-state index contributed by atoms with van der Waals surface area (Å²) >= 11 is 7.93. The Bertz CT molecular complexity index is 1240. The number of benzene rings is 2. The highest BCUT2D eigenvalue weighted by Gasteiger charge is 2.29. The van der Waals surface area contributed by atoms with Crippen molar-refractivity contribution < 1.29 is 17.4 Å². The number of unbranched alkanes of at least 4 members (excludes halogenated alkanes) is 7. The quantitative estimate of drug-likeness (QED) is 0.0974. The number of carbonyl (C=O) groups excluding carboxylic acids is 1. The van der Waals surface area contributed by atoms with E-state index in [0.717, 1.165) is 19.3 Å². The minimum atomic E-state index is -4.05. The Labute approximate surface area is 240 Å². The molecule has 1 N–H and O–H groups in total. The number of halogens is 2. The van der Waals surface area contributed by atoms with Crippen LogP contribution >= 0.6 is 43.6 Å². The van der Waals surface area contributed by atoms with Gasteiger partial charge in [-0.05, 0) is 58.2 Å². The van der Waals surface area contributed by atoms with Crippen LogP contribution in [0.15, 0.2) is 66.5 Å². The molecule has 7 nitrogen and oxygen atoms in total. The number of amides is 1. The lowest BCUT2D eigenvalue weighted by Gasteiger charge is -2.09. The van der Waals surface area contributed by atoms with Crippen LogP contribution in [-0.4, -0.2) is 31.0 Å². The molecule has 11 heteroatoms. The Kier molecular flexibility index (Phi) is 12.1. The molecule has 0 unspecified atom stereocenters. The van der Waals surface area contributed by atoms with Crippen molar-refractivity contribution in [2.45, 2.75) is 74.9 Å². The molecule has 2 aromatic carbocycles. The fourth-order valence-electron chi connectivity index (χ4n) is 3.74. The van der Waals surface area contributed by atoms with Crippen LogP contribution in [0.5, 0.6) is 5.75 Å². The molecule has 1 aliphatic heterocycles. The van der Waals surface area contributed by atoms with Gasteiger partial charge in [0.15, 0.2) is 5.17 Å². The van der Waals surface area contributed by atoms with Crippen LogP contribution in [0.3, 0.4) is 0 Å². The molecule has 0 aromatic heterocycles. The first-order valence-corrected chi connectivity index (χ1v) is 16.2. The SMILES string of the molecule is CCCCCCCCCC[C@H]1S/C(=N\N=C/c2cccc(OS(=O)(=O)c3cc(Br)ccc3Br)c2)NC1=O. The maximum absolute atomic E-state index is 12.7. The zero-order chi connectivity index (χ0) is 26.7. The van der Waals surface area contributed by atoms with Crippen molar-refractivity contribution in [3.63, 3.8) is 0 Å². The number of hydrogen-bond donors (Lipinski definition) is 1. The van der Waals surface area contributed by atoms with E-state index in [-0.39, 0.29) is 21.8 Å². The summed E-state index contributed by atoms with van der Waals surface area (Å²) in [5.41, 5.74) is 0.607. The molecule has 200 valence electrons. The second-order valence-corrected chi connectivity index (χ2v) is 13.2. The number of thioether (sulfide) groups is 1. The molecule has 1 aliphatic rings. The third-order valence-electron chi connectivity index (χ3n) is 5.68. The summed E-state index contributed by atoms with van der Waals surface area (Å²) in [6.07, 6.45) is 12.2. The smallest absolute Gasteiger partial charge is 0.340 e. The maximum atomic E-state index is 12.7. The van der Waals surface area contributed by atoms with Crippen LogP contribution in [-0.2, 0) is 14.9 Å². The Morgan fingerprint density at radius 1 is 1.03 bits per heavy atom. The summed E-state index contributed by atoms with van der Waals surface area (Å²) in [4.78, 5) is 12.3. The molecule has 1 atom stereocenters. The molecule has 37 heavy (non-hydrogen) atoms. The highest BCUT2D eigenvalue weighted by molar-refractivity contribution is 9.11. The molecular weight excluding hydrogens is 642 g/mol. The fraction of sp³-hybridized carbons (Fsp3) is 0.423. The van der Waals surface area contributed by atoms with Gasteiger partial charge in [-0.2, -0.15) is 13.5 Å². The molecule has 0 bridgehead atoms. The second kappa shape index (κ2) is 15.0. The van der Waals surface area contributed by atoms with E-state index < -0.39 is 10.1 Å². The second-order valence-electron chi connectivity index (χ2n) is 8.69. The van der Waals surface area contributed by atoms with Crippen molar-refractivity contribution in [3.05, 3.63) is 57.0 Å². The molecule has 1 amide bonds. The third kappa shape index (κ3) is 9.85. The van der Waals surface area contributed by atoms with Gasteiger partial charge < -0.3 is 9.50 Å². The highest BCUT2D eigenvalue weighted by atomic mass is 79.9. The molecule has 0 radical (unpaired) electrons. The van der Waals surface area contributed by atoms with E-state index in [1.54, 1.807) is 36.4 Å². The fourth-order valence-corrected chi connectivity index (χ4v) is 7.09. The van der Waals surface area contributed by atoms with Crippen LogP contribution in [0.4, 0.5) is 0 Å². The summed E-state index contributed by atoms with van der Waals surface area (Å²) < 4.78 is 31.8. The lowest BCUT2D eigenvalue weighted by molar-refractivity contribution is -0.118. The third-order valence-corrected chi connectivity index (χ3v) is 9.56. The molecule has 2 aromatic rings. The number of nitrogens with one attached hydrogen (secondary N) is 1. The minimum Gasteiger partial charge on any atom is -0.379 e. The lowest BCUT2D eigenvalue weighted by Crippen LogP contribution is -2.24. The van der Waals surface area contributed by atoms with Gasteiger partial charge in [-0.25, -0.2) is 0 Å². The van der Waals surface area contributed by atoms with E-state index in [9.17, 15) is 13.2 Å². The van der Waals surface area contributed by atoms with Crippen LogP contribution < -0.4 is 9.50 Å². The van der Waals surface area contributed by atoms with E-state index in [2.05, 4.69) is 54.3 Å². The first-order valence-electron chi connectivity index (χ1n) is 12.4. The van der Waals surface area contributed by atoms with E-state index in [0.29, 0.717) is 19.7 Å². The van der Waals surface area contributed by atoms with Crippen LogP contribution in [0, 0.1) is 0 Å². The van der Waals surface area contributed by atoms with Crippen molar-refractivity contribution in [3.8, 4) is 5.75 Å². The standard InChI is InChI=1S/C26H31Br2N3O4S2/c1-2-3-4-5-6-7-8-9-13-23-25(32)30-26(36-23)31-29-18-19-11-10-12-21(16-19)35-37(33,34)24-17-20(27)14-15-22(24)28/h10-12,14-18,23H,2-9,13H2,1H3,(H,30,31,32)/b29-18-/t23-/m1/s1. The average Bonchev–Trinajstić information content (AvgIpc) is 3.21. The van der Waals surface area contributed by atoms with Crippen molar-refractivity contribution >= 4 is 71.0 Å². The van der Waals surface area contributed by atoms with Gasteiger partial charge in [-0.15, -0.1) is 5.10 Å². The van der Waals surface area contributed by atoms with Crippen molar-refractivity contribution in [1.82, 2.24) is 5.32 Å². The zero-order valence-electron chi connectivity index (χ0n) is 20.7. The summed E-state index contributed by atoms with van der Waals surface area (Å²) in [5, 5.41) is 11.3. The summed E-state index contributed by atoms with van der Waals surface area (Å²) in [7, 11) is -4.05. The lowest BCUT2D eigenvalue weighted by atomic mass is 10.1. The molecule has 1 heterocycles. The maximum Gasteiger partial charge on any atom is 0.340 e.